The maximum atomic E-state index is 12.1. The Bertz CT molecular complexity index is 489. The maximum absolute atomic E-state index is 12.1. The van der Waals surface area contributed by atoms with Gasteiger partial charge in [-0.3, -0.25) is 4.79 Å². The molecule has 0 spiro atoms. The molecule has 1 aromatic rings. The monoisotopic (exact) mass is 293 g/mol. The van der Waals surface area contributed by atoms with Gasteiger partial charge in [-0.2, -0.15) is 0 Å². The molecule has 0 saturated heterocycles. The fourth-order valence-electron chi connectivity index (χ4n) is 2.94. The number of hydrogen-bond donors (Lipinski definition) is 3. The molecule has 1 amide bonds. The van der Waals surface area contributed by atoms with Crippen LogP contribution >= 0.6 is 0 Å². The fourth-order valence-corrected chi connectivity index (χ4v) is 2.94. The Kier molecular flexibility index (Phi) is 5.44. The standard InChI is InChI=1S/C16H23NO4/c1-21-13-6-7-14(15(19)8-13)16(20)17-9-11-4-2-3-5-12(11)10-18/h6-8,11-12,18-19H,2-5,9-10H2,1H3,(H,17,20). The smallest absolute Gasteiger partial charge is 0.255 e. The van der Waals surface area contributed by atoms with Crippen molar-refractivity contribution >= 4 is 5.91 Å². The number of carbonyl (C=O) groups excluding carboxylic acids is 1. The van der Waals surface area contributed by atoms with Gasteiger partial charge in [-0.15, -0.1) is 0 Å². The SMILES string of the molecule is COc1ccc(C(=O)NCC2CCCCC2CO)c(O)c1. The van der Waals surface area contributed by atoms with Crippen LogP contribution in [0.15, 0.2) is 18.2 Å². The van der Waals surface area contributed by atoms with Crippen molar-refractivity contribution in [1.29, 1.82) is 0 Å². The van der Waals surface area contributed by atoms with Gasteiger partial charge < -0.3 is 20.3 Å². The molecule has 0 aromatic heterocycles. The molecule has 1 saturated carbocycles. The number of rotatable bonds is 5. The molecule has 5 nitrogen and oxygen atoms in total. The Morgan fingerprint density at radius 2 is 2.05 bits per heavy atom. The van der Waals surface area contributed by atoms with Crippen LogP contribution in [0.1, 0.15) is 36.0 Å². The minimum atomic E-state index is -0.294. The third-order valence-electron chi connectivity index (χ3n) is 4.28. The highest BCUT2D eigenvalue weighted by molar-refractivity contribution is 5.97. The highest BCUT2D eigenvalue weighted by Gasteiger charge is 2.25. The Balaban J connectivity index is 1.95. The van der Waals surface area contributed by atoms with Crippen LogP contribution in [-0.4, -0.2) is 36.4 Å². The summed E-state index contributed by atoms with van der Waals surface area (Å²) in [7, 11) is 1.51. The average Bonchev–Trinajstić information content (AvgIpc) is 2.52. The summed E-state index contributed by atoms with van der Waals surface area (Å²) in [6, 6.07) is 4.62. The summed E-state index contributed by atoms with van der Waals surface area (Å²) in [6.45, 7) is 0.712. The lowest BCUT2D eigenvalue weighted by Crippen LogP contribution is -2.35. The summed E-state index contributed by atoms with van der Waals surface area (Å²) >= 11 is 0. The van der Waals surface area contributed by atoms with Gasteiger partial charge in [0.25, 0.3) is 5.91 Å². The van der Waals surface area contributed by atoms with Crippen molar-refractivity contribution in [2.75, 3.05) is 20.3 Å². The number of methoxy groups -OCH3 is 1. The zero-order chi connectivity index (χ0) is 15.2. The molecule has 1 aliphatic carbocycles. The van der Waals surface area contributed by atoms with Gasteiger partial charge in [0.05, 0.1) is 12.7 Å². The van der Waals surface area contributed by atoms with Crippen molar-refractivity contribution < 1.29 is 19.7 Å². The lowest BCUT2D eigenvalue weighted by molar-refractivity contribution is 0.0906. The van der Waals surface area contributed by atoms with Crippen LogP contribution in [0.25, 0.3) is 0 Å². The number of phenols is 1. The number of aromatic hydroxyl groups is 1. The Morgan fingerprint density at radius 1 is 1.33 bits per heavy atom. The van der Waals surface area contributed by atoms with E-state index in [-0.39, 0.29) is 29.7 Å². The van der Waals surface area contributed by atoms with E-state index >= 15 is 0 Å². The zero-order valence-electron chi connectivity index (χ0n) is 12.3. The molecule has 0 heterocycles. The third kappa shape index (κ3) is 3.88. The van der Waals surface area contributed by atoms with Crippen molar-refractivity contribution in [2.45, 2.75) is 25.7 Å². The van der Waals surface area contributed by atoms with E-state index in [9.17, 15) is 15.0 Å². The van der Waals surface area contributed by atoms with E-state index < -0.39 is 0 Å². The molecule has 0 radical (unpaired) electrons. The van der Waals surface area contributed by atoms with Crippen LogP contribution in [0, 0.1) is 11.8 Å². The van der Waals surface area contributed by atoms with Crippen molar-refractivity contribution in [3.8, 4) is 11.5 Å². The number of nitrogens with one attached hydrogen (secondary N) is 1. The first-order chi connectivity index (χ1) is 10.2. The molecule has 1 fully saturated rings. The first-order valence-corrected chi connectivity index (χ1v) is 7.41. The van der Waals surface area contributed by atoms with E-state index in [0.717, 1.165) is 25.7 Å². The quantitative estimate of drug-likeness (QED) is 0.775. The lowest BCUT2D eigenvalue weighted by Gasteiger charge is -2.30. The summed E-state index contributed by atoms with van der Waals surface area (Å²) in [5, 5.41) is 22.1. The highest BCUT2D eigenvalue weighted by atomic mass is 16.5. The Labute approximate surface area is 124 Å². The van der Waals surface area contributed by atoms with Crippen LogP contribution in [-0.2, 0) is 0 Å². The molecule has 1 aromatic carbocycles. The molecular formula is C16H23NO4. The molecule has 0 bridgehead atoms. The van der Waals surface area contributed by atoms with E-state index in [2.05, 4.69) is 5.32 Å². The zero-order valence-corrected chi connectivity index (χ0v) is 12.3. The Hall–Kier alpha value is -1.75. The van der Waals surface area contributed by atoms with Crippen molar-refractivity contribution in [1.82, 2.24) is 5.32 Å². The number of aliphatic hydroxyl groups excluding tert-OH is 1. The van der Waals surface area contributed by atoms with Crippen molar-refractivity contribution in [3.63, 3.8) is 0 Å². The number of carbonyl (C=O) groups is 1. The van der Waals surface area contributed by atoms with Gasteiger partial charge in [0.15, 0.2) is 0 Å². The molecule has 3 N–H and O–H groups in total. The topological polar surface area (TPSA) is 78.8 Å². The summed E-state index contributed by atoms with van der Waals surface area (Å²) in [5.74, 6) is 0.708. The van der Waals surface area contributed by atoms with E-state index in [1.165, 1.54) is 13.2 Å². The molecule has 5 heteroatoms. The molecule has 1 aliphatic rings. The predicted molar refractivity (Wildman–Crippen MR) is 79.5 cm³/mol. The third-order valence-corrected chi connectivity index (χ3v) is 4.28. The molecule has 116 valence electrons. The van der Waals surface area contributed by atoms with E-state index in [4.69, 9.17) is 4.74 Å². The molecule has 2 atom stereocenters. The van der Waals surface area contributed by atoms with Gasteiger partial charge in [0, 0.05) is 19.2 Å². The summed E-state index contributed by atoms with van der Waals surface area (Å²) in [6.07, 6.45) is 4.34. The van der Waals surface area contributed by atoms with Gasteiger partial charge in [-0.25, -0.2) is 0 Å². The number of benzene rings is 1. The summed E-state index contributed by atoms with van der Waals surface area (Å²) in [5.41, 5.74) is 0.243. The number of phenolic OH excluding ortho intramolecular Hbond substituents is 1. The molecular weight excluding hydrogens is 270 g/mol. The fraction of sp³-hybridized carbons (Fsp3) is 0.562. The normalized spacial score (nSPS) is 21.8. The highest BCUT2D eigenvalue weighted by Crippen LogP contribution is 2.29. The lowest BCUT2D eigenvalue weighted by atomic mass is 9.79. The van der Waals surface area contributed by atoms with Crippen LogP contribution in [0.5, 0.6) is 11.5 Å². The van der Waals surface area contributed by atoms with Crippen LogP contribution in [0.2, 0.25) is 0 Å². The second-order valence-electron chi connectivity index (χ2n) is 5.58. The van der Waals surface area contributed by atoms with Gasteiger partial charge in [0.1, 0.15) is 11.5 Å². The van der Waals surface area contributed by atoms with Crippen molar-refractivity contribution in [3.05, 3.63) is 23.8 Å². The van der Waals surface area contributed by atoms with Gasteiger partial charge in [-0.1, -0.05) is 12.8 Å². The number of amides is 1. The minimum Gasteiger partial charge on any atom is -0.507 e. The molecule has 2 rings (SSSR count). The largest absolute Gasteiger partial charge is 0.507 e. The maximum Gasteiger partial charge on any atom is 0.255 e. The van der Waals surface area contributed by atoms with Crippen LogP contribution in [0.3, 0.4) is 0 Å². The second-order valence-corrected chi connectivity index (χ2v) is 5.58. The minimum absolute atomic E-state index is 0.0887. The average molecular weight is 293 g/mol. The van der Waals surface area contributed by atoms with Crippen LogP contribution < -0.4 is 10.1 Å². The van der Waals surface area contributed by atoms with E-state index in [1.807, 2.05) is 0 Å². The first-order valence-electron chi connectivity index (χ1n) is 7.41. The number of hydrogen-bond acceptors (Lipinski definition) is 4. The number of ether oxygens (including phenoxy) is 1. The van der Waals surface area contributed by atoms with Gasteiger partial charge in [0.2, 0.25) is 0 Å². The Morgan fingerprint density at radius 3 is 2.67 bits per heavy atom. The summed E-state index contributed by atoms with van der Waals surface area (Å²) in [4.78, 5) is 12.1. The second kappa shape index (κ2) is 7.31. The van der Waals surface area contributed by atoms with E-state index in [1.54, 1.807) is 12.1 Å². The summed E-state index contributed by atoms with van der Waals surface area (Å²) < 4.78 is 4.99. The molecule has 2 unspecified atom stereocenters. The molecule has 0 aliphatic heterocycles. The number of aliphatic hydroxyl groups is 1. The van der Waals surface area contributed by atoms with Gasteiger partial charge in [-0.05, 0) is 36.8 Å². The molecule has 21 heavy (non-hydrogen) atoms. The van der Waals surface area contributed by atoms with E-state index in [0.29, 0.717) is 18.2 Å². The van der Waals surface area contributed by atoms with Crippen LogP contribution in [0.4, 0.5) is 0 Å². The predicted octanol–water partition coefficient (Wildman–Crippen LogP) is 1.93. The first kappa shape index (κ1) is 15.6. The van der Waals surface area contributed by atoms with Gasteiger partial charge >= 0.3 is 0 Å². The van der Waals surface area contributed by atoms with Crippen molar-refractivity contribution in [2.24, 2.45) is 11.8 Å².